The van der Waals surface area contributed by atoms with Gasteiger partial charge in [0.15, 0.2) is 12.4 Å². The molecule has 0 aliphatic carbocycles. The minimum absolute atomic E-state index is 0.0368. The van der Waals surface area contributed by atoms with Crippen LogP contribution in [0.1, 0.15) is 27.4 Å². The number of rotatable bonds is 8. The van der Waals surface area contributed by atoms with Crippen LogP contribution in [0.2, 0.25) is 0 Å². The second-order valence-corrected chi connectivity index (χ2v) is 6.89. The molecule has 0 fully saturated rings. The van der Waals surface area contributed by atoms with Gasteiger partial charge in [-0.25, -0.2) is 0 Å². The Morgan fingerprint density at radius 3 is 2.81 bits per heavy atom. The molecule has 0 amide bonds. The van der Waals surface area contributed by atoms with Crippen molar-refractivity contribution in [3.8, 4) is 11.5 Å². The lowest BCUT2D eigenvalue weighted by Gasteiger charge is -2.07. The molecule has 7 heteroatoms. The van der Waals surface area contributed by atoms with Gasteiger partial charge >= 0.3 is 0 Å². The summed E-state index contributed by atoms with van der Waals surface area (Å²) in [6.45, 7) is 4.17. The maximum Gasteiger partial charge on any atom is 0.277 e. The van der Waals surface area contributed by atoms with E-state index in [1.54, 1.807) is 31.4 Å². The fourth-order valence-electron chi connectivity index (χ4n) is 2.36. The number of ether oxygens (including phenoxy) is 2. The van der Waals surface area contributed by atoms with Gasteiger partial charge in [-0.2, -0.15) is 0 Å². The Bertz CT molecular complexity index is 939. The van der Waals surface area contributed by atoms with Crippen molar-refractivity contribution in [2.75, 3.05) is 12.9 Å². The second kappa shape index (κ2) is 8.73. The quantitative estimate of drug-likeness (QED) is 0.424. The number of benzene rings is 2. The Morgan fingerprint density at radius 2 is 2.00 bits per heavy atom. The first-order chi connectivity index (χ1) is 13.0. The molecule has 6 nitrogen and oxygen atoms in total. The maximum atomic E-state index is 12.3. The smallest absolute Gasteiger partial charge is 0.277 e. The van der Waals surface area contributed by atoms with Gasteiger partial charge in [-0.15, -0.1) is 10.2 Å². The number of thioether (sulfide) groups is 1. The summed E-state index contributed by atoms with van der Waals surface area (Å²) in [5.74, 6) is 1.97. The highest BCUT2D eigenvalue weighted by Crippen LogP contribution is 2.22. The number of hydrogen-bond donors (Lipinski definition) is 0. The van der Waals surface area contributed by atoms with Gasteiger partial charge in [-0.1, -0.05) is 36.0 Å². The van der Waals surface area contributed by atoms with Crippen LogP contribution in [0, 0.1) is 13.8 Å². The number of aryl methyl sites for hydroxylation is 2. The Balaban J connectivity index is 1.54. The third kappa shape index (κ3) is 5.10. The molecule has 0 bridgehead atoms. The molecule has 0 saturated carbocycles. The Hall–Kier alpha value is -2.80. The molecule has 0 aliphatic heterocycles. The Kier molecular flexibility index (Phi) is 6.13. The van der Waals surface area contributed by atoms with Crippen molar-refractivity contribution in [1.82, 2.24) is 10.2 Å². The lowest BCUT2D eigenvalue weighted by molar-refractivity contribution is 0.102. The number of carbonyl (C=O) groups is 1. The van der Waals surface area contributed by atoms with Crippen molar-refractivity contribution in [3.05, 3.63) is 65.0 Å². The lowest BCUT2D eigenvalue weighted by atomic mass is 10.1. The van der Waals surface area contributed by atoms with Crippen LogP contribution in [-0.2, 0) is 6.61 Å². The molecule has 27 heavy (non-hydrogen) atoms. The van der Waals surface area contributed by atoms with Gasteiger partial charge < -0.3 is 13.9 Å². The summed E-state index contributed by atoms with van der Waals surface area (Å²) in [7, 11) is 1.57. The van der Waals surface area contributed by atoms with E-state index < -0.39 is 0 Å². The molecule has 0 atom stereocenters. The number of nitrogens with zero attached hydrogens (tertiary/aromatic N) is 2. The molecule has 2 aromatic carbocycles. The van der Waals surface area contributed by atoms with Gasteiger partial charge in [0.25, 0.3) is 11.1 Å². The largest absolute Gasteiger partial charge is 0.497 e. The van der Waals surface area contributed by atoms with Gasteiger partial charge in [-0.05, 0) is 43.2 Å². The van der Waals surface area contributed by atoms with Crippen LogP contribution in [0.15, 0.2) is 52.1 Å². The maximum absolute atomic E-state index is 12.3. The van der Waals surface area contributed by atoms with Crippen LogP contribution < -0.4 is 9.47 Å². The number of Topliss-reactive ketones (excluding diaryl/α,β-unsaturated/α-hetero) is 1. The number of hydrogen-bond acceptors (Lipinski definition) is 7. The topological polar surface area (TPSA) is 74.5 Å². The third-order valence-corrected chi connectivity index (χ3v) is 4.68. The molecular weight excluding hydrogens is 364 g/mol. The van der Waals surface area contributed by atoms with E-state index in [0.717, 1.165) is 16.9 Å². The first-order valence-corrected chi connectivity index (χ1v) is 9.36. The van der Waals surface area contributed by atoms with Crippen molar-refractivity contribution >= 4 is 17.5 Å². The SMILES string of the molecule is COc1cccc(C(=O)CSc2nnc(COc3cc(C)ccc3C)o2)c1. The average molecular weight is 384 g/mol. The van der Waals surface area contributed by atoms with Gasteiger partial charge in [0, 0.05) is 5.56 Å². The van der Waals surface area contributed by atoms with Crippen LogP contribution in [0.3, 0.4) is 0 Å². The van der Waals surface area contributed by atoms with Crippen LogP contribution in [0.25, 0.3) is 0 Å². The summed E-state index contributed by atoms with van der Waals surface area (Å²) in [5.41, 5.74) is 2.74. The number of aromatic nitrogens is 2. The fraction of sp³-hybridized carbons (Fsp3) is 0.250. The summed E-state index contributed by atoms with van der Waals surface area (Å²) in [6.07, 6.45) is 0. The van der Waals surface area contributed by atoms with Crippen LogP contribution >= 0.6 is 11.8 Å². The average Bonchev–Trinajstić information content (AvgIpc) is 3.14. The molecule has 3 rings (SSSR count). The van der Waals surface area contributed by atoms with E-state index in [0.29, 0.717) is 22.4 Å². The zero-order chi connectivity index (χ0) is 19.2. The first kappa shape index (κ1) is 19.0. The van der Waals surface area contributed by atoms with Crippen molar-refractivity contribution in [2.45, 2.75) is 25.7 Å². The third-order valence-electron chi connectivity index (χ3n) is 3.86. The first-order valence-electron chi connectivity index (χ1n) is 8.37. The summed E-state index contributed by atoms with van der Waals surface area (Å²) >= 11 is 1.20. The zero-order valence-corrected chi connectivity index (χ0v) is 16.2. The van der Waals surface area contributed by atoms with E-state index in [1.165, 1.54) is 11.8 Å². The second-order valence-electron chi connectivity index (χ2n) is 5.96. The normalized spacial score (nSPS) is 10.6. The molecule has 0 saturated heterocycles. The van der Waals surface area contributed by atoms with E-state index in [9.17, 15) is 4.79 Å². The molecule has 0 unspecified atom stereocenters. The predicted octanol–water partition coefficient (Wildman–Crippen LogP) is 4.25. The highest BCUT2D eigenvalue weighted by atomic mass is 32.2. The molecule has 140 valence electrons. The monoisotopic (exact) mass is 384 g/mol. The van der Waals surface area contributed by atoms with Crippen molar-refractivity contribution < 1.29 is 18.7 Å². The van der Waals surface area contributed by atoms with Crippen LogP contribution in [-0.4, -0.2) is 28.8 Å². The minimum atomic E-state index is -0.0368. The highest BCUT2D eigenvalue weighted by molar-refractivity contribution is 7.99. The van der Waals surface area contributed by atoms with E-state index in [2.05, 4.69) is 10.2 Å². The van der Waals surface area contributed by atoms with Gasteiger partial charge in [0.2, 0.25) is 0 Å². The van der Waals surface area contributed by atoms with Gasteiger partial charge in [0.1, 0.15) is 11.5 Å². The summed E-state index contributed by atoms with van der Waals surface area (Å²) in [4.78, 5) is 12.3. The number of carbonyl (C=O) groups excluding carboxylic acids is 1. The Labute approximate surface area is 161 Å². The fourth-order valence-corrected chi connectivity index (χ4v) is 3.04. The van der Waals surface area contributed by atoms with Crippen LogP contribution in [0.5, 0.6) is 11.5 Å². The molecule has 0 spiro atoms. The lowest BCUT2D eigenvalue weighted by Crippen LogP contribution is -2.02. The van der Waals surface area contributed by atoms with Crippen molar-refractivity contribution in [1.29, 1.82) is 0 Å². The molecule has 0 N–H and O–H groups in total. The molecule has 3 aromatic rings. The standard InChI is InChI=1S/C20H20N2O4S/c1-13-7-8-14(2)18(9-13)25-11-19-21-22-20(26-19)27-12-17(23)15-5-4-6-16(10-15)24-3/h4-10H,11-12H2,1-3H3. The Morgan fingerprint density at radius 1 is 1.15 bits per heavy atom. The zero-order valence-electron chi connectivity index (χ0n) is 15.4. The van der Waals surface area contributed by atoms with E-state index >= 15 is 0 Å². The number of methoxy groups -OCH3 is 1. The van der Waals surface area contributed by atoms with E-state index in [1.807, 2.05) is 32.0 Å². The van der Waals surface area contributed by atoms with Gasteiger partial charge in [0.05, 0.1) is 12.9 Å². The molecule has 1 aromatic heterocycles. The van der Waals surface area contributed by atoms with E-state index in [-0.39, 0.29) is 18.1 Å². The number of ketones is 1. The molecular formula is C20H20N2O4S. The minimum Gasteiger partial charge on any atom is -0.497 e. The van der Waals surface area contributed by atoms with Crippen LogP contribution in [0.4, 0.5) is 0 Å². The van der Waals surface area contributed by atoms with Crippen molar-refractivity contribution in [3.63, 3.8) is 0 Å². The molecule has 0 radical (unpaired) electrons. The van der Waals surface area contributed by atoms with Crippen molar-refractivity contribution in [2.24, 2.45) is 0 Å². The molecule has 1 heterocycles. The van der Waals surface area contributed by atoms with Gasteiger partial charge in [-0.3, -0.25) is 4.79 Å². The summed E-state index contributed by atoms with van der Waals surface area (Å²) < 4.78 is 16.4. The summed E-state index contributed by atoms with van der Waals surface area (Å²) in [5, 5.41) is 8.26. The summed E-state index contributed by atoms with van der Waals surface area (Å²) in [6, 6.07) is 13.0. The highest BCUT2D eigenvalue weighted by Gasteiger charge is 2.12. The molecule has 0 aliphatic rings. The van der Waals surface area contributed by atoms with E-state index in [4.69, 9.17) is 13.9 Å². The predicted molar refractivity (Wildman–Crippen MR) is 103 cm³/mol.